The fourth-order valence-electron chi connectivity index (χ4n) is 1.38. The van der Waals surface area contributed by atoms with E-state index in [0.29, 0.717) is 0 Å². The SMILES string of the molecule is CN(C)CCCCCCNCCCN. The summed E-state index contributed by atoms with van der Waals surface area (Å²) >= 11 is 0. The van der Waals surface area contributed by atoms with Gasteiger partial charge in [-0.1, -0.05) is 12.8 Å². The van der Waals surface area contributed by atoms with E-state index >= 15 is 0 Å². The largest absolute Gasteiger partial charge is 0.330 e. The van der Waals surface area contributed by atoms with Crippen LogP contribution in [0.2, 0.25) is 0 Å². The molecule has 0 amide bonds. The van der Waals surface area contributed by atoms with Crippen molar-refractivity contribution in [1.82, 2.24) is 10.2 Å². The third-order valence-corrected chi connectivity index (χ3v) is 2.27. The van der Waals surface area contributed by atoms with Crippen molar-refractivity contribution >= 4 is 0 Å². The molecule has 0 rings (SSSR count). The maximum Gasteiger partial charge on any atom is -0.00248 e. The smallest absolute Gasteiger partial charge is 0.00248 e. The zero-order valence-corrected chi connectivity index (χ0v) is 9.89. The molecule has 14 heavy (non-hydrogen) atoms. The van der Waals surface area contributed by atoms with Gasteiger partial charge in [0.25, 0.3) is 0 Å². The number of hydrogen-bond donors (Lipinski definition) is 2. The van der Waals surface area contributed by atoms with E-state index in [0.717, 1.165) is 26.1 Å². The zero-order chi connectivity index (χ0) is 10.6. The van der Waals surface area contributed by atoms with Crippen molar-refractivity contribution < 1.29 is 0 Å². The highest BCUT2D eigenvalue weighted by Crippen LogP contribution is 1.99. The van der Waals surface area contributed by atoms with Gasteiger partial charge in [-0.3, -0.25) is 0 Å². The van der Waals surface area contributed by atoms with Crippen LogP contribution in [-0.2, 0) is 0 Å². The normalized spacial score (nSPS) is 11.1. The number of nitrogens with two attached hydrogens (primary N) is 1. The second-order valence-electron chi connectivity index (χ2n) is 4.11. The minimum Gasteiger partial charge on any atom is -0.330 e. The van der Waals surface area contributed by atoms with Crippen LogP contribution in [0.1, 0.15) is 32.1 Å². The highest BCUT2D eigenvalue weighted by atomic mass is 15.0. The van der Waals surface area contributed by atoms with Crippen molar-refractivity contribution in [1.29, 1.82) is 0 Å². The molecule has 0 aromatic carbocycles. The van der Waals surface area contributed by atoms with E-state index in [2.05, 4.69) is 24.3 Å². The van der Waals surface area contributed by atoms with Crippen LogP contribution in [0.15, 0.2) is 0 Å². The lowest BCUT2D eigenvalue weighted by atomic mass is 10.2. The van der Waals surface area contributed by atoms with Crippen LogP contribution >= 0.6 is 0 Å². The van der Waals surface area contributed by atoms with Gasteiger partial charge in [-0.25, -0.2) is 0 Å². The average Bonchev–Trinajstić information content (AvgIpc) is 2.15. The summed E-state index contributed by atoms with van der Waals surface area (Å²) in [6.45, 7) is 4.26. The first-order chi connectivity index (χ1) is 6.77. The molecule has 0 spiro atoms. The van der Waals surface area contributed by atoms with Crippen molar-refractivity contribution in [2.24, 2.45) is 5.73 Å². The van der Waals surface area contributed by atoms with Crippen molar-refractivity contribution in [2.45, 2.75) is 32.1 Å². The van der Waals surface area contributed by atoms with Crippen LogP contribution in [-0.4, -0.2) is 45.2 Å². The van der Waals surface area contributed by atoms with Crippen molar-refractivity contribution in [3.63, 3.8) is 0 Å². The van der Waals surface area contributed by atoms with Gasteiger partial charge in [-0.15, -0.1) is 0 Å². The van der Waals surface area contributed by atoms with Gasteiger partial charge in [-0.2, -0.15) is 0 Å². The lowest BCUT2D eigenvalue weighted by Crippen LogP contribution is -2.19. The first-order valence-electron chi connectivity index (χ1n) is 5.83. The molecule has 0 atom stereocenters. The topological polar surface area (TPSA) is 41.3 Å². The van der Waals surface area contributed by atoms with E-state index in [4.69, 9.17) is 5.73 Å². The molecule has 0 heterocycles. The molecule has 0 aliphatic carbocycles. The molecule has 0 fully saturated rings. The number of unbranched alkanes of at least 4 members (excludes halogenated alkanes) is 3. The quantitative estimate of drug-likeness (QED) is 0.519. The number of hydrogen-bond acceptors (Lipinski definition) is 3. The third-order valence-electron chi connectivity index (χ3n) is 2.27. The van der Waals surface area contributed by atoms with Crippen LogP contribution in [0, 0.1) is 0 Å². The summed E-state index contributed by atoms with van der Waals surface area (Å²) in [5, 5.41) is 3.40. The summed E-state index contributed by atoms with van der Waals surface area (Å²) in [5.41, 5.74) is 5.39. The van der Waals surface area contributed by atoms with Gasteiger partial charge in [-0.05, 0) is 59.5 Å². The van der Waals surface area contributed by atoms with Gasteiger partial charge in [0, 0.05) is 0 Å². The molecule has 0 aromatic rings. The van der Waals surface area contributed by atoms with E-state index in [1.54, 1.807) is 0 Å². The molecule has 0 aliphatic heterocycles. The minimum atomic E-state index is 0.801. The van der Waals surface area contributed by atoms with Crippen molar-refractivity contribution in [3.8, 4) is 0 Å². The predicted molar refractivity (Wildman–Crippen MR) is 63.6 cm³/mol. The first-order valence-corrected chi connectivity index (χ1v) is 5.83. The molecule has 0 bridgehead atoms. The summed E-state index contributed by atoms with van der Waals surface area (Å²) in [6.07, 6.45) is 6.44. The Morgan fingerprint density at radius 1 is 0.929 bits per heavy atom. The third kappa shape index (κ3) is 11.9. The standard InChI is InChI=1S/C11H27N3/c1-14(2)11-6-4-3-5-9-13-10-7-8-12/h13H,3-12H2,1-2H3. The predicted octanol–water partition coefficient (Wildman–Crippen LogP) is 1.05. The van der Waals surface area contributed by atoms with Gasteiger partial charge in [0.15, 0.2) is 0 Å². The molecular formula is C11H27N3. The fourth-order valence-corrected chi connectivity index (χ4v) is 1.38. The first kappa shape index (κ1) is 13.9. The van der Waals surface area contributed by atoms with Crippen molar-refractivity contribution in [2.75, 3.05) is 40.3 Å². The maximum absolute atomic E-state index is 5.39. The Bertz CT molecular complexity index is 105. The maximum atomic E-state index is 5.39. The van der Waals surface area contributed by atoms with Gasteiger partial charge >= 0.3 is 0 Å². The Labute approximate surface area is 89.0 Å². The second-order valence-corrected chi connectivity index (χ2v) is 4.11. The number of rotatable bonds is 10. The van der Waals surface area contributed by atoms with Crippen LogP contribution < -0.4 is 11.1 Å². The summed E-state index contributed by atoms with van der Waals surface area (Å²) in [4.78, 5) is 2.25. The molecule has 3 nitrogen and oxygen atoms in total. The average molecular weight is 201 g/mol. The molecule has 0 saturated heterocycles. The van der Waals surface area contributed by atoms with Crippen LogP contribution in [0.5, 0.6) is 0 Å². The zero-order valence-electron chi connectivity index (χ0n) is 9.89. The molecule has 0 unspecified atom stereocenters. The van der Waals surface area contributed by atoms with Crippen LogP contribution in [0.4, 0.5) is 0 Å². The summed E-state index contributed by atoms with van der Waals surface area (Å²) in [5.74, 6) is 0. The van der Waals surface area contributed by atoms with E-state index in [-0.39, 0.29) is 0 Å². The van der Waals surface area contributed by atoms with Crippen molar-refractivity contribution in [3.05, 3.63) is 0 Å². The minimum absolute atomic E-state index is 0.801. The highest BCUT2D eigenvalue weighted by Gasteiger charge is 1.92. The summed E-state index contributed by atoms with van der Waals surface area (Å²) < 4.78 is 0. The lowest BCUT2D eigenvalue weighted by Gasteiger charge is -2.08. The Morgan fingerprint density at radius 2 is 1.57 bits per heavy atom. The van der Waals surface area contributed by atoms with Crippen LogP contribution in [0.25, 0.3) is 0 Å². The Kier molecular flexibility index (Phi) is 10.9. The highest BCUT2D eigenvalue weighted by molar-refractivity contribution is 4.51. The van der Waals surface area contributed by atoms with Gasteiger partial charge in [0.1, 0.15) is 0 Å². The second kappa shape index (κ2) is 11.0. The van der Waals surface area contributed by atoms with E-state index in [1.807, 2.05) is 0 Å². The molecule has 0 radical (unpaired) electrons. The Morgan fingerprint density at radius 3 is 2.21 bits per heavy atom. The van der Waals surface area contributed by atoms with E-state index in [9.17, 15) is 0 Å². The molecule has 86 valence electrons. The molecule has 0 aromatic heterocycles. The lowest BCUT2D eigenvalue weighted by molar-refractivity contribution is 0.389. The number of nitrogens with one attached hydrogen (secondary N) is 1. The molecular weight excluding hydrogens is 174 g/mol. The molecule has 3 N–H and O–H groups in total. The van der Waals surface area contributed by atoms with Gasteiger partial charge < -0.3 is 16.0 Å². The monoisotopic (exact) mass is 201 g/mol. The Hall–Kier alpha value is -0.120. The van der Waals surface area contributed by atoms with E-state index < -0.39 is 0 Å². The van der Waals surface area contributed by atoms with Gasteiger partial charge in [0.05, 0.1) is 0 Å². The fraction of sp³-hybridized carbons (Fsp3) is 1.00. The van der Waals surface area contributed by atoms with Crippen LogP contribution in [0.3, 0.4) is 0 Å². The molecule has 0 aliphatic rings. The molecule has 0 saturated carbocycles. The van der Waals surface area contributed by atoms with Gasteiger partial charge in [0.2, 0.25) is 0 Å². The number of nitrogens with zero attached hydrogens (tertiary/aromatic N) is 1. The summed E-state index contributed by atoms with van der Waals surface area (Å²) in [7, 11) is 4.27. The Balaban J connectivity index is 2.85. The molecule has 3 heteroatoms. The summed E-state index contributed by atoms with van der Waals surface area (Å²) in [6, 6.07) is 0. The van der Waals surface area contributed by atoms with E-state index in [1.165, 1.54) is 32.2 Å².